The lowest BCUT2D eigenvalue weighted by Gasteiger charge is -2.10. The van der Waals surface area contributed by atoms with Crippen LogP contribution in [0.4, 0.5) is 23.2 Å². The van der Waals surface area contributed by atoms with Gasteiger partial charge in [-0.2, -0.15) is 18.4 Å². The highest BCUT2D eigenvalue weighted by Crippen LogP contribution is 2.36. The molecule has 0 saturated heterocycles. The van der Waals surface area contributed by atoms with Gasteiger partial charge in [0.15, 0.2) is 0 Å². The predicted molar refractivity (Wildman–Crippen MR) is 67.1 cm³/mol. The first-order chi connectivity index (χ1) is 10.7. The molecule has 0 fully saturated rings. The first-order valence-electron chi connectivity index (χ1n) is 5.82. The second kappa shape index (κ2) is 5.88. The van der Waals surface area contributed by atoms with Crippen molar-refractivity contribution in [2.75, 3.05) is 0 Å². The van der Waals surface area contributed by atoms with Gasteiger partial charge < -0.3 is 4.74 Å². The first-order valence-corrected chi connectivity index (χ1v) is 5.82. The third-order valence-electron chi connectivity index (χ3n) is 2.65. The van der Waals surface area contributed by atoms with Crippen LogP contribution in [0.15, 0.2) is 30.5 Å². The lowest BCUT2D eigenvalue weighted by Crippen LogP contribution is -2.08. The SMILES string of the molecule is N#Cc1ccnc(Oc2ccc(F)c(C(F)(F)F)c2)c1[N+](=O)[O-]. The van der Waals surface area contributed by atoms with Gasteiger partial charge in [0.1, 0.15) is 23.2 Å². The van der Waals surface area contributed by atoms with Gasteiger partial charge in [0.25, 0.3) is 0 Å². The second-order valence-corrected chi connectivity index (χ2v) is 4.12. The molecule has 118 valence electrons. The first kappa shape index (κ1) is 16.2. The van der Waals surface area contributed by atoms with Crippen LogP contribution in [0.3, 0.4) is 0 Å². The third kappa shape index (κ3) is 3.34. The van der Waals surface area contributed by atoms with Crippen LogP contribution in [0.2, 0.25) is 0 Å². The standard InChI is InChI=1S/C13H5F4N3O3/c14-10-2-1-8(5-9(10)13(15,16)17)23-12-11(20(21)22)7(6-18)3-4-19-12/h1-5H. The number of halogens is 4. The van der Waals surface area contributed by atoms with Crippen LogP contribution in [0.25, 0.3) is 0 Å². The van der Waals surface area contributed by atoms with E-state index in [4.69, 9.17) is 10.00 Å². The lowest BCUT2D eigenvalue weighted by molar-refractivity contribution is -0.386. The Morgan fingerprint density at radius 1 is 1.30 bits per heavy atom. The molecule has 2 rings (SSSR count). The average molecular weight is 327 g/mol. The number of hydrogen-bond acceptors (Lipinski definition) is 5. The molecule has 0 aliphatic heterocycles. The monoisotopic (exact) mass is 327 g/mol. The zero-order valence-corrected chi connectivity index (χ0v) is 11.0. The van der Waals surface area contributed by atoms with Crippen LogP contribution in [0.5, 0.6) is 11.6 Å². The lowest BCUT2D eigenvalue weighted by atomic mass is 10.2. The second-order valence-electron chi connectivity index (χ2n) is 4.12. The van der Waals surface area contributed by atoms with Gasteiger partial charge in [0.05, 0.1) is 10.5 Å². The van der Waals surface area contributed by atoms with Crippen LogP contribution in [-0.4, -0.2) is 9.91 Å². The van der Waals surface area contributed by atoms with Crippen molar-refractivity contribution in [2.45, 2.75) is 6.18 Å². The molecule has 1 heterocycles. The van der Waals surface area contributed by atoms with Crippen molar-refractivity contribution >= 4 is 5.69 Å². The van der Waals surface area contributed by atoms with E-state index in [-0.39, 0.29) is 5.56 Å². The molecule has 0 amide bonds. The Labute approximate surface area is 125 Å². The number of nitriles is 1. The minimum atomic E-state index is -4.96. The Morgan fingerprint density at radius 3 is 2.57 bits per heavy atom. The minimum Gasteiger partial charge on any atom is -0.434 e. The highest BCUT2D eigenvalue weighted by atomic mass is 19.4. The Morgan fingerprint density at radius 2 is 2.00 bits per heavy atom. The molecule has 0 radical (unpaired) electrons. The van der Waals surface area contributed by atoms with Crippen molar-refractivity contribution in [3.63, 3.8) is 0 Å². The molecule has 0 N–H and O–H groups in total. The zero-order valence-electron chi connectivity index (χ0n) is 11.0. The summed E-state index contributed by atoms with van der Waals surface area (Å²) in [5.74, 6) is -2.70. The number of ether oxygens (including phenoxy) is 1. The predicted octanol–water partition coefficient (Wildman–Crippen LogP) is 3.81. The molecule has 23 heavy (non-hydrogen) atoms. The van der Waals surface area contributed by atoms with Crippen molar-refractivity contribution in [2.24, 2.45) is 0 Å². The minimum absolute atomic E-state index is 0.347. The Bertz CT molecular complexity index is 815. The Kier molecular flexibility index (Phi) is 4.13. The van der Waals surface area contributed by atoms with Gasteiger partial charge in [0, 0.05) is 6.20 Å². The van der Waals surface area contributed by atoms with Gasteiger partial charge in [-0.05, 0) is 24.3 Å². The largest absolute Gasteiger partial charge is 0.434 e. The molecule has 0 saturated carbocycles. The molecule has 0 spiro atoms. The number of benzene rings is 1. The summed E-state index contributed by atoms with van der Waals surface area (Å²) < 4.78 is 56.0. The molecule has 0 unspecified atom stereocenters. The molecule has 1 aromatic carbocycles. The fraction of sp³-hybridized carbons (Fsp3) is 0.0769. The van der Waals surface area contributed by atoms with Gasteiger partial charge in [-0.25, -0.2) is 9.37 Å². The van der Waals surface area contributed by atoms with Crippen molar-refractivity contribution in [3.05, 3.63) is 57.5 Å². The van der Waals surface area contributed by atoms with Crippen molar-refractivity contribution in [3.8, 4) is 17.7 Å². The maximum absolute atomic E-state index is 13.2. The summed E-state index contributed by atoms with van der Waals surface area (Å²) in [6.45, 7) is 0. The van der Waals surface area contributed by atoms with E-state index < -0.39 is 39.8 Å². The van der Waals surface area contributed by atoms with Gasteiger partial charge in [0.2, 0.25) is 0 Å². The third-order valence-corrected chi connectivity index (χ3v) is 2.65. The molecule has 0 atom stereocenters. The molecular weight excluding hydrogens is 322 g/mol. The van der Waals surface area contributed by atoms with Gasteiger partial charge >= 0.3 is 17.7 Å². The van der Waals surface area contributed by atoms with E-state index in [0.29, 0.717) is 12.1 Å². The topological polar surface area (TPSA) is 89.0 Å². The summed E-state index contributed by atoms with van der Waals surface area (Å²) in [6, 6.07) is 4.31. The molecule has 1 aromatic heterocycles. The zero-order chi connectivity index (χ0) is 17.2. The van der Waals surface area contributed by atoms with Crippen LogP contribution < -0.4 is 4.74 Å². The van der Waals surface area contributed by atoms with Gasteiger partial charge in [-0.15, -0.1) is 0 Å². The normalized spacial score (nSPS) is 10.9. The van der Waals surface area contributed by atoms with Crippen molar-refractivity contribution in [1.29, 1.82) is 5.26 Å². The molecule has 10 heteroatoms. The Hall–Kier alpha value is -3.22. The van der Waals surface area contributed by atoms with E-state index in [1.54, 1.807) is 6.07 Å². The summed E-state index contributed by atoms with van der Waals surface area (Å²) in [6.07, 6.45) is -3.94. The summed E-state index contributed by atoms with van der Waals surface area (Å²) >= 11 is 0. The molecule has 0 aliphatic carbocycles. The van der Waals surface area contributed by atoms with Crippen molar-refractivity contribution in [1.82, 2.24) is 4.98 Å². The maximum atomic E-state index is 13.2. The summed E-state index contributed by atoms with van der Waals surface area (Å²) in [7, 11) is 0. The van der Waals surface area contributed by atoms with E-state index >= 15 is 0 Å². The molecule has 0 aliphatic rings. The summed E-state index contributed by atoms with van der Waals surface area (Å²) in [5, 5.41) is 19.8. The van der Waals surface area contributed by atoms with E-state index in [1.165, 1.54) is 0 Å². The number of nitrogens with zero attached hydrogens (tertiary/aromatic N) is 3. The number of pyridine rings is 1. The van der Waals surface area contributed by atoms with Crippen LogP contribution in [0, 0.1) is 27.3 Å². The number of nitro groups is 1. The summed E-state index contributed by atoms with van der Waals surface area (Å²) in [5.41, 5.74) is -2.76. The Balaban J connectivity index is 2.49. The van der Waals surface area contributed by atoms with E-state index in [9.17, 15) is 27.7 Å². The number of hydrogen-bond donors (Lipinski definition) is 0. The fourth-order valence-corrected chi connectivity index (χ4v) is 1.67. The van der Waals surface area contributed by atoms with Crippen molar-refractivity contribution < 1.29 is 27.2 Å². The van der Waals surface area contributed by atoms with Gasteiger partial charge in [-0.1, -0.05) is 0 Å². The van der Waals surface area contributed by atoms with Gasteiger partial charge in [-0.3, -0.25) is 10.1 Å². The molecule has 6 nitrogen and oxygen atoms in total. The number of alkyl halides is 3. The fourth-order valence-electron chi connectivity index (χ4n) is 1.67. The average Bonchev–Trinajstić information content (AvgIpc) is 2.47. The van der Waals surface area contributed by atoms with Crippen LogP contribution >= 0.6 is 0 Å². The molecule has 0 bridgehead atoms. The highest BCUT2D eigenvalue weighted by Gasteiger charge is 2.34. The van der Waals surface area contributed by atoms with E-state index in [1.807, 2.05) is 0 Å². The van der Waals surface area contributed by atoms with Crippen LogP contribution in [-0.2, 0) is 6.18 Å². The molecule has 2 aromatic rings. The van der Waals surface area contributed by atoms with E-state index in [0.717, 1.165) is 18.3 Å². The number of aromatic nitrogens is 1. The quantitative estimate of drug-likeness (QED) is 0.486. The van der Waals surface area contributed by atoms with Crippen LogP contribution in [0.1, 0.15) is 11.1 Å². The maximum Gasteiger partial charge on any atom is 0.419 e. The smallest absolute Gasteiger partial charge is 0.419 e. The highest BCUT2D eigenvalue weighted by molar-refractivity contribution is 5.55. The number of rotatable bonds is 3. The molecular formula is C13H5F4N3O3. The van der Waals surface area contributed by atoms with E-state index in [2.05, 4.69) is 4.98 Å². The summed E-state index contributed by atoms with van der Waals surface area (Å²) in [4.78, 5) is 13.5.